The fourth-order valence-electron chi connectivity index (χ4n) is 2.41. The standard InChI is InChI=1S/C11H16ClN3O3S/c1-8-3-10(14(2)13-8)6-15-5-9(4-11(15)16)7-19(12,17)18/h3,9H,4-7H2,1-2H3. The number of likely N-dealkylation sites (tertiary alicyclic amines) is 1. The van der Waals surface area contributed by atoms with E-state index >= 15 is 0 Å². The molecule has 0 spiro atoms. The summed E-state index contributed by atoms with van der Waals surface area (Å²) in [5.74, 6) is -0.408. The molecule has 8 heteroatoms. The highest BCUT2D eigenvalue weighted by molar-refractivity contribution is 8.13. The zero-order chi connectivity index (χ0) is 14.2. The molecule has 0 aromatic carbocycles. The van der Waals surface area contributed by atoms with E-state index in [4.69, 9.17) is 10.7 Å². The molecule has 2 rings (SSSR count). The van der Waals surface area contributed by atoms with Crippen molar-refractivity contribution < 1.29 is 13.2 Å². The highest BCUT2D eigenvalue weighted by atomic mass is 35.7. The smallest absolute Gasteiger partial charge is 0.232 e. The van der Waals surface area contributed by atoms with Crippen LogP contribution in [0.3, 0.4) is 0 Å². The maximum absolute atomic E-state index is 11.9. The molecular formula is C11H16ClN3O3S. The van der Waals surface area contributed by atoms with Gasteiger partial charge in [-0.15, -0.1) is 0 Å². The zero-order valence-electron chi connectivity index (χ0n) is 10.8. The molecule has 1 aromatic heterocycles. The third-order valence-corrected chi connectivity index (χ3v) is 4.43. The van der Waals surface area contributed by atoms with Crippen LogP contribution in [0.15, 0.2) is 6.07 Å². The van der Waals surface area contributed by atoms with Gasteiger partial charge in [0.05, 0.1) is 23.7 Å². The van der Waals surface area contributed by atoms with Gasteiger partial charge in [-0.05, 0) is 13.0 Å². The Hall–Kier alpha value is -1.08. The van der Waals surface area contributed by atoms with Crippen LogP contribution in [-0.2, 0) is 27.4 Å². The molecule has 0 N–H and O–H groups in total. The van der Waals surface area contributed by atoms with Crippen molar-refractivity contribution in [3.8, 4) is 0 Å². The molecule has 1 atom stereocenters. The maximum atomic E-state index is 11.9. The van der Waals surface area contributed by atoms with Gasteiger partial charge in [0, 0.05) is 36.6 Å². The van der Waals surface area contributed by atoms with Crippen molar-refractivity contribution in [1.82, 2.24) is 14.7 Å². The highest BCUT2D eigenvalue weighted by Crippen LogP contribution is 2.22. The lowest BCUT2D eigenvalue weighted by atomic mass is 10.1. The Labute approximate surface area is 116 Å². The van der Waals surface area contributed by atoms with Crippen molar-refractivity contribution in [1.29, 1.82) is 0 Å². The Morgan fingerprint density at radius 2 is 2.21 bits per heavy atom. The lowest BCUT2D eigenvalue weighted by Crippen LogP contribution is -2.26. The van der Waals surface area contributed by atoms with Crippen molar-refractivity contribution in [3.63, 3.8) is 0 Å². The van der Waals surface area contributed by atoms with Gasteiger partial charge < -0.3 is 4.90 Å². The highest BCUT2D eigenvalue weighted by Gasteiger charge is 2.32. The predicted octanol–water partition coefficient (Wildman–Crippen LogP) is 0.646. The Bertz CT molecular complexity index is 596. The summed E-state index contributed by atoms with van der Waals surface area (Å²) >= 11 is 0. The third-order valence-electron chi connectivity index (χ3n) is 3.18. The summed E-state index contributed by atoms with van der Waals surface area (Å²) in [5, 5.41) is 4.22. The molecule has 1 aromatic rings. The van der Waals surface area contributed by atoms with E-state index in [9.17, 15) is 13.2 Å². The molecule has 0 aliphatic carbocycles. The molecule has 0 bridgehead atoms. The lowest BCUT2D eigenvalue weighted by Gasteiger charge is -2.16. The van der Waals surface area contributed by atoms with E-state index in [1.807, 2.05) is 20.0 Å². The van der Waals surface area contributed by atoms with Crippen LogP contribution in [0.4, 0.5) is 0 Å². The molecule has 1 unspecified atom stereocenters. The molecule has 1 fully saturated rings. The van der Waals surface area contributed by atoms with Crippen LogP contribution in [0.5, 0.6) is 0 Å². The fraction of sp³-hybridized carbons (Fsp3) is 0.636. The van der Waals surface area contributed by atoms with Crippen molar-refractivity contribution in [2.24, 2.45) is 13.0 Å². The Kier molecular flexibility index (Phi) is 3.87. The minimum atomic E-state index is -3.56. The molecular weight excluding hydrogens is 290 g/mol. The fourth-order valence-corrected chi connectivity index (χ4v) is 3.73. The summed E-state index contributed by atoms with van der Waals surface area (Å²) in [7, 11) is 3.49. The number of carbonyl (C=O) groups excluding carboxylic acids is 1. The number of halogens is 1. The van der Waals surface area contributed by atoms with E-state index < -0.39 is 9.05 Å². The molecule has 0 saturated carbocycles. The van der Waals surface area contributed by atoms with E-state index in [-0.39, 0.29) is 24.0 Å². The topological polar surface area (TPSA) is 72.3 Å². The number of aryl methyl sites for hydroxylation is 2. The SMILES string of the molecule is Cc1cc(CN2CC(CS(=O)(=O)Cl)CC2=O)n(C)n1. The van der Waals surface area contributed by atoms with Gasteiger partial charge in [0.25, 0.3) is 0 Å². The number of carbonyl (C=O) groups is 1. The van der Waals surface area contributed by atoms with Crippen molar-refractivity contribution >= 4 is 25.6 Å². The minimum absolute atomic E-state index is 0.0378. The van der Waals surface area contributed by atoms with Crippen LogP contribution in [0, 0.1) is 12.8 Å². The molecule has 106 valence electrons. The van der Waals surface area contributed by atoms with Crippen LogP contribution < -0.4 is 0 Å². The molecule has 1 aliphatic heterocycles. The number of aromatic nitrogens is 2. The first-order chi connectivity index (χ1) is 8.74. The van der Waals surface area contributed by atoms with E-state index in [0.29, 0.717) is 13.1 Å². The summed E-state index contributed by atoms with van der Waals surface area (Å²) in [6.07, 6.45) is 0.239. The number of rotatable bonds is 4. The molecule has 6 nitrogen and oxygen atoms in total. The normalized spacial score (nSPS) is 20.3. The first-order valence-electron chi connectivity index (χ1n) is 5.94. The summed E-state index contributed by atoms with van der Waals surface area (Å²) in [6.45, 7) is 2.77. The van der Waals surface area contributed by atoms with Gasteiger partial charge in [0.1, 0.15) is 0 Å². The van der Waals surface area contributed by atoms with Crippen LogP contribution in [0.1, 0.15) is 17.8 Å². The maximum Gasteiger partial charge on any atom is 0.232 e. The van der Waals surface area contributed by atoms with Crippen LogP contribution in [0.25, 0.3) is 0 Å². The second-order valence-corrected chi connectivity index (χ2v) is 7.77. The van der Waals surface area contributed by atoms with E-state index in [1.165, 1.54) is 0 Å². The Morgan fingerprint density at radius 3 is 2.74 bits per heavy atom. The summed E-state index contributed by atoms with van der Waals surface area (Å²) < 4.78 is 23.8. The molecule has 1 amide bonds. The third kappa shape index (κ3) is 3.70. The van der Waals surface area contributed by atoms with Gasteiger partial charge in [-0.3, -0.25) is 9.48 Å². The van der Waals surface area contributed by atoms with Gasteiger partial charge in [-0.2, -0.15) is 5.10 Å². The number of hydrogen-bond acceptors (Lipinski definition) is 4. The number of amides is 1. The summed E-state index contributed by atoms with van der Waals surface area (Å²) in [6, 6.07) is 1.92. The molecule has 2 heterocycles. The largest absolute Gasteiger partial charge is 0.336 e. The lowest BCUT2D eigenvalue weighted by molar-refractivity contribution is -0.128. The van der Waals surface area contributed by atoms with Crippen LogP contribution >= 0.6 is 10.7 Å². The molecule has 19 heavy (non-hydrogen) atoms. The first-order valence-corrected chi connectivity index (χ1v) is 8.42. The van der Waals surface area contributed by atoms with Crippen molar-refractivity contribution in [2.75, 3.05) is 12.3 Å². The van der Waals surface area contributed by atoms with Crippen LogP contribution in [0.2, 0.25) is 0 Å². The second kappa shape index (κ2) is 5.13. The molecule has 1 saturated heterocycles. The van der Waals surface area contributed by atoms with E-state index in [0.717, 1.165) is 11.4 Å². The minimum Gasteiger partial charge on any atom is -0.336 e. The predicted molar refractivity (Wildman–Crippen MR) is 71.1 cm³/mol. The Morgan fingerprint density at radius 1 is 1.53 bits per heavy atom. The monoisotopic (exact) mass is 305 g/mol. The van der Waals surface area contributed by atoms with Gasteiger partial charge in [-0.25, -0.2) is 8.42 Å². The summed E-state index contributed by atoms with van der Waals surface area (Å²) in [5.41, 5.74) is 1.82. The van der Waals surface area contributed by atoms with Gasteiger partial charge >= 0.3 is 0 Å². The number of nitrogens with zero attached hydrogens (tertiary/aromatic N) is 3. The average Bonchev–Trinajstić information content (AvgIpc) is 2.69. The van der Waals surface area contributed by atoms with Crippen molar-refractivity contribution in [3.05, 3.63) is 17.5 Å². The van der Waals surface area contributed by atoms with Crippen molar-refractivity contribution in [2.45, 2.75) is 19.9 Å². The quantitative estimate of drug-likeness (QED) is 0.766. The second-order valence-electron chi connectivity index (χ2n) is 4.95. The Balaban J connectivity index is 2.03. The summed E-state index contributed by atoms with van der Waals surface area (Å²) in [4.78, 5) is 13.5. The number of hydrogen-bond donors (Lipinski definition) is 0. The van der Waals surface area contributed by atoms with Gasteiger partial charge in [0.2, 0.25) is 15.0 Å². The average molecular weight is 306 g/mol. The van der Waals surface area contributed by atoms with E-state index in [2.05, 4.69) is 5.10 Å². The van der Waals surface area contributed by atoms with Gasteiger partial charge in [-0.1, -0.05) is 0 Å². The van der Waals surface area contributed by atoms with Gasteiger partial charge in [0.15, 0.2) is 0 Å². The van der Waals surface area contributed by atoms with Crippen LogP contribution in [-0.4, -0.2) is 41.3 Å². The first kappa shape index (κ1) is 14.3. The van der Waals surface area contributed by atoms with E-state index in [1.54, 1.807) is 9.58 Å². The molecule has 1 aliphatic rings. The molecule has 0 radical (unpaired) electrons. The zero-order valence-corrected chi connectivity index (χ0v) is 12.4.